The Morgan fingerprint density at radius 2 is 1.95 bits per heavy atom. The molecule has 0 amide bonds. The number of aromatic nitrogens is 2. The molecule has 0 atom stereocenters. The fourth-order valence-corrected chi connectivity index (χ4v) is 5.10. The van der Waals surface area contributed by atoms with E-state index in [4.69, 9.17) is 10.8 Å². The van der Waals surface area contributed by atoms with Crippen LogP contribution in [0.1, 0.15) is 12.5 Å². The number of thiophene rings is 1. The number of nitrogens with zero attached hydrogens (tertiary/aromatic N) is 2. The van der Waals surface area contributed by atoms with Crippen LogP contribution < -0.4 is 5.73 Å². The van der Waals surface area contributed by atoms with E-state index in [2.05, 4.69) is 44.8 Å². The lowest BCUT2D eigenvalue weighted by atomic mass is 10.1. The summed E-state index contributed by atoms with van der Waals surface area (Å²) >= 11 is 8.76. The summed E-state index contributed by atoms with van der Waals surface area (Å²) in [6.07, 6.45) is 0.841. The smallest absolute Gasteiger partial charge is 0.131 e. The lowest BCUT2D eigenvalue weighted by Gasteiger charge is -2.03. The molecule has 108 valence electrons. The Morgan fingerprint density at radius 1 is 1.24 bits per heavy atom. The maximum Gasteiger partial charge on any atom is 0.131 e. The number of para-hydroxylation sites is 1. The van der Waals surface area contributed by atoms with Crippen molar-refractivity contribution < 1.29 is 0 Å². The predicted molar refractivity (Wildman–Crippen MR) is 96.1 cm³/mol. The minimum atomic E-state index is 0.702. The van der Waals surface area contributed by atoms with Crippen molar-refractivity contribution in [1.82, 2.24) is 9.78 Å². The zero-order valence-corrected chi connectivity index (χ0v) is 15.3. The molecule has 0 saturated carbocycles. The van der Waals surface area contributed by atoms with Gasteiger partial charge >= 0.3 is 0 Å². The van der Waals surface area contributed by atoms with Crippen molar-refractivity contribution in [2.45, 2.75) is 13.3 Å². The van der Waals surface area contributed by atoms with Gasteiger partial charge in [0.1, 0.15) is 11.5 Å². The van der Waals surface area contributed by atoms with Crippen molar-refractivity contribution in [1.29, 1.82) is 0 Å². The third-order valence-corrected chi connectivity index (χ3v) is 5.63. The summed E-state index contributed by atoms with van der Waals surface area (Å²) in [6, 6.07) is 12.0. The molecule has 0 aliphatic rings. The first kappa shape index (κ1) is 14.8. The second-order valence-electron chi connectivity index (χ2n) is 4.55. The van der Waals surface area contributed by atoms with Crippen LogP contribution in [0.15, 0.2) is 44.0 Å². The van der Waals surface area contributed by atoms with Crippen LogP contribution in [0.3, 0.4) is 0 Å². The van der Waals surface area contributed by atoms with Crippen LogP contribution in [0.2, 0.25) is 0 Å². The molecule has 3 aromatic rings. The lowest BCUT2D eigenvalue weighted by molar-refractivity contribution is 0.895. The maximum atomic E-state index is 6.32. The first-order valence-corrected chi connectivity index (χ1v) is 8.90. The summed E-state index contributed by atoms with van der Waals surface area (Å²) < 4.78 is 3.94. The van der Waals surface area contributed by atoms with Crippen LogP contribution in [-0.4, -0.2) is 9.78 Å². The van der Waals surface area contributed by atoms with Gasteiger partial charge in [-0.15, -0.1) is 11.3 Å². The number of hydrogen-bond donors (Lipinski definition) is 1. The molecule has 0 fully saturated rings. The van der Waals surface area contributed by atoms with E-state index in [1.54, 1.807) is 11.3 Å². The molecular weight excluding hydrogens is 414 g/mol. The highest BCUT2D eigenvalue weighted by molar-refractivity contribution is 9.12. The molecule has 0 saturated heterocycles. The van der Waals surface area contributed by atoms with Gasteiger partial charge in [0.2, 0.25) is 0 Å². The molecule has 1 aromatic carbocycles. The monoisotopic (exact) mass is 425 g/mol. The van der Waals surface area contributed by atoms with Crippen LogP contribution in [0.5, 0.6) is 0 Å². The highest BCUT2D eigenvalue weighted by atomic mass is 79.9. The highest BCUT2D eigenvalue weighted by Crippen LogP contribution is 2.40. The van der Waals surface area contributed by atoms with Crippen LogP contribution in [-0.2, 0) is 6.42 Å². The molecule has 21 heavy (non-hydrogen) atoms. The second-order valence-corrected chi connectivity index (χ2v) is 8.30. The van der Waals surface area contributed by atoms with Gasteiger partial charge in [0.05, 0.1) is 13.3 Å². The number of rotatable bonds is 3. The second kappa shape index (κ2) is 5.94. The number of nitrogen functional groups attached to an aromatic ring is 1. The van der Waals surface area contributed by atoms with Crippen LogP contribution in [0.4, 0.5) is 5.82 Å². The fraction of sp³-hybridized carbons (Fsp3) is 0.133. The van der Waals surface area contributed by atoms with Crippen molar-refractivity contribution in [2.24, 2.45) is 0 Å². The predicted octanol–water partition coefficient (Wildman–Crippen LogP) is 5.27. The van der Waals surface area contributed by atoms with Crippen LogP contribution >= 0.6 is 43.2 Å². The molecule has 0 aliphatic carbocycles. The Kier molecular flexibility index (Phi) is 4.19. The van der Waals surface area contributed by atoms with Gasteiger partial charge in [-0.05, 0) is 56.5 Å². The van der Waals surface area contributed by atoms with E-state index < -0.39 is 0 Å². The highest BCUT2D eigenvalue weighted by Gasteiger charge is 2.20. The summed E-state index contributed by atoms with van der Waals surface area (Å²) in [5, 5.41) is 4.74. The standard InChI is InChI=1S/C15H13Br2N3S/c1-2-10-13(11-8-12(16)21-14(11)17)19-20(15(10)18)9-6-4-3-5-7-9/h3-8H,2,18H2,1H3. The SMILES string of the molecule is CCc1c(-c2cc(Br)sc2Br)nn(-c2ccccc2)c1N. The Labute approximate surface area is 144 Å². The van der Waals surface area contributed by atoms with Gasteiger partial charge in [-0.2, -0.15) is 5.10 Å². The van der Waals surface area contributed by atoms with E-state index in [9.17, 15) is 0 Å². The van der Waals surface area contributed by atoms with E-state index in [-0.39, 0.29) is 0 Å². The van der Waals surface area contributed by atoms with Gasteiger partial charge in [-0.25, -0.2) is 4.68 Å². The van der Waals surface area contributed by atoms with Gasteiger partial charge < -0.3 is 5.73 Å². The molecule has 0 bridgehead atoms. The molecule has 2 N–H and O–H groups in total. The average Bonchev–Trinajstić information content (AvgIpc) is 2.99. The van der Waals surface area contributed by atoms with Crippen molar-refractivity contribution in [3.8, 4) is 16.9 Å². The summed E-state index contributed by atoms with van der Waals surface area (Å²) in [5.41, 5.74) is 10.4. The van der Waals surface area contributed by atoms with Gasteiger partial charge in [0, 0.05) is 11.1 Å². The summed E-state index contributed by atoms with van der Waals surface area (Å²) in [6.45, 7) is 2.10. The first-order valence-electron chi connectivity index (χ1n) is 6.49. The van der Waals surface area contributed by atoms with E-state index >= 15 is 0 Å². The minimum Gasteiger partial charge on any atom is -0.383 e. The third-order valence-electron chi connectivity index (χ3n) is 3.29. The first-order chi connectivity index (χ1) is 10.1. The number of anilines is 1. The number of halogens is 2. The summed E-state index contributed by atoms with van der Waals surface area (Å²) in [5.74, 6) is 0.702. The van der Waals surface area contributed by atoms with E-state index in [1.165, 1.54) is 0 Å². The molecular formula is C15H13Br2N3S. The largest absolute Gasteiger partial charge is 0.383 e. The molecule has 0 unspecified atom stereocenters. The normalized spacial score (nSPS) is 11.0. The Morgan fingerprint density at radius 3 is 2.52 bits per heavy atom. The van der Waals surface area contributed by atoms with Crippen LogP contribution in [0, 0.1) is 0 Å². The van der Waals surface area contributed by atoms with Gasteiger partial charge in [0.25, 0.3) is 0 Å². The third kappa shape index (κ3) is 2.67. The fourth-order valence-electron chi connectivity index (χ4n) is 2.30. The number of benzene rings is 1. The molecule has 2 aromatic heterocycles. The number of nitrogens with two attached hydrogens (primary N) is 1. The van der Waals surface area contributed by atoms with Gasteiger partial charge in [-0.1, -0.05) is 25.1 Å². The van der Waals surface area contributed by atoms with Crippen LogP contribution in [0.25, 0.3) is 16.9 Å². The topological polar surface area (TPSA) is 43.8 Å². The van der Waals surface area contributed by atoms with Crippen molar-refractivity contribution >= 4 is 49.0 Å². The molecule has 0 spiro atoms. The molecule has 3 nitrogen and oxygen atoms in total. The lowest BCUT2D eigenvalue weighted by Crippen LogP contribution is -2.02. The number of hydrogen-bond acceptors (Lipinski definition) is 3. The maximum absolute atomic E-state index is 6.32. The molecule has 0 aliphatic heterocycles. The van der Waals surface area contributed by atoms with E-state index in [1.807, 2.05) is 35.0 Å². The van der Waals surface area contributed by atoms with Crippen molar-refractivity contribution in [3.63, 3.8) is 0 Å². The van der Waals surface area contributed by atoms with Gasteiger partial charge in [0.15, 0.2) is 0 Å². The molecule has 6 heteroatoms. The molecule has 3 rings (SSSR count). The minimum absolute atomic E-state index is 0.702. The Hall–Kier alpha value is -1.11. The Bertz CT molecular complexity index is 778. The van der Waals surface area contributed by atoms with Crippen molar-refractivity contribution in [2.75, 3.05) is 5.73 Å². The Balaban J connectivity index is 2.21. The summed E-state index contributed by atoms with van der Waals surface area (Å²) in [7, 11) is 0. The van der Waals surface area contributed by atoms with E-state index in [0.29, 0.717) is 5.82 Å². The summed E-state index contributed by atoms with van der Waals surface area (Å²) in [4.78, 5) is 0. The zero-order valence-electron chi connectivity index (χ0n) is 11.3. The quantitative estimate of drug-likeness (QED) is 0.619. The average molecular weight is 427 g/mol. The van der Waals surface area contributed by atoms with Gasteiger partial charge in [-0.3, -0.25) is 0 Å². The zero-order chi connectivity index (χ0) is 15.0. The van der Waals surface area contributed by atoms with Crippen molar-refractivity contribution in [3.05, 3.63) is 49.5 Å². The molecule has 0 radical (unpaired) electrons. The molecule has 2 heterocycles. The van der Waals surface area contributed by atoms with E-state index in [0.717, 1.165) is 36.5 Å².